The standard InChI is InChI=1S/C20H29N3O3/c24-20(26-15-16-4-2-1-3-5-16)23-10-11-25-18(13-23)12-21-19-14-22-8-6-17(19)7-9-22/h1-5,17-19,21H,6-15H2. The van der Waals surface area contributed by atoms with Crippen LogP contribution in [0.4, 0.5) is 4.79 Å². The Morgan fingerprint density at radius 1 is 1.15 bits per heavy atom. The van der Waals surface area contributed by atoms with Crippen molar-refractivity contribution in [3.05, 3.63) is 35.9 Å². The maximum atomic E-state index is 12.3. The molecule has 4 fully saturated rings. The molecule has 0 radical (unpaired) electrons. The average molecular weight is 359 g/mol. The maximum Gasteiger partial charge on any atom is 0.410 e. The molecule has 142 valence electrons. The number of carbonyl (C=O) groups is 1. The second-order valence-electron chi connectivity index (χ2n) is 7.63. The molecule has 0 aromatic heterocycles. The molecule has 6 heteroatoms. The van der Waals surface area contributed by atoms with E-state index >= 15 is 0 Å². The lowest BCUT2D eigenvalue weighted by atomic mass is 9.84. The van der Waals surface area contributed by atoms with Crippen LogP contribution in [0.15, 0.2) is 30.3 Å². The number of ether oxygens (including phenoxy) is 2. The van der Waals surface area contributed by atoms with Crippen molar-refractivity contribution in [2.75, 3.05) is 45.9 Å². The normalized spacial score (nSPS) is 31.0. The summed E-state index contributed by atoms with van der Waals surface area (Å²) in [5.74, 6) is 0.801. The Labute approximate surface area is 155 Å². The number of morpholine rings is 1. The molecule has 2 unspecified atom stereocenters. The first-order valence-corrected chi connectivity index (χ1v) is 9.81. The highest BCUT2D eigenvalue weighted by molar-refractivity contribution is 5.67. The van der Waals surface area contributed by atoms with E-state index in [0.29, 0.717) is 32.3 Å². The fourth-order valence-electron chi connectivity index (χ4n) is 4.30. The highest BCUT2D eigenvalue weighted by Gasteiger charge is 2.34. The summed E-state index contributed by atoms with van der Waals surface area (Å²) < 4.78 is 11.3. The fourth-order valence-corrected chi connectivity index (χ4v) is 4.30. The van der Waals surface area contributed by atoms with Crippen molar-refractivity contribution in [3.8, 4) is 0 Å². The molecule has 0 aliphatic carbocycles. The third-order valence-corrected chi connectivity index (χ3v) is 5.87. The van der Waals surface area contributed by atoms with Crippen molar-refractivity contribution in [2.24, 2.45) is 5.92 Å². The number of rotatable bonds is 5. The number of piperidine rings is 3. The zero-order chi connectivity index (χ0) is 17.8. The van der Waals surface area contributed by atoms with E-state index < -0.39 is 0 Å². The van der Waals surface area contributed by atoms with Crippen molar-refractivity contribution >= 4 is 6.09 Å². The van der Waals surface area contributed by atoms with E-state index in [0.717, 1.165) is 24.6 Å². The van der Waals surface area contributed by atoms with E-state index in [4.69, 9.17) is 9.47 Å². The Kier molecular flexibility index (Phi) is 5.72. The minimum Gasteiger partial charge on any atom is -0.445 e. The molecule has 4 heterocycles. The second-order valence-corrected chi connectivity index (χ2v) is 7.63. The second kappa shape index (κ2) is 8.37. The lowest BCUT2D eigenvalue weighted by Gasteiger charge is -2.45. The summed E-state index contributed by atoms with van der Waals surface area (Å²) in [4.78, 5) is 16.7. The summed E-state index contributed by atoms with van der Waals surface area (Å²) in [5, 5.41) is 3.69. The summed E-state index contributed by atoms with van der Waals surface area (Å²) >= 11 is 0. The van der Waals surface area contributed by atoms with Crippen LogP contribution >= 0.6 is 0 Å². The zero-order valence-electron chi connectivity index (χ0n) is 15.3. The van der Waals surface area contributed by atoms with Crippen LogP contribution in [0.25, 0.3) is 0 Å². The minimum atomic E-state index is -0.245. The molecule has 0 saturated carbocycles. The van der Waals surface area contributed by atoms with Gasteiger partial charge >= 0.3 is 6.09 Å². The molecular formula is C20H29N3O3. The molecule has 4 saturated heterocycles. The first-order chi connectivity index (χ1) is 12.8. The summed E-state index contributed by atoms with van der Waals surface area (Å²) in [6.45, 7) is 6.56. The van der Waals surface area contributed by atoms with Gasteiger partial charge in [0.25, 0.3) is 0 Å². The first-order valence-electron chi connectivity index (χ1n) is 9.81. The van der Waals surface area contributed by atoms with Gasteiger partial charge in [-0.15, -0.1) is 0 Å². The Morgan fingerprint density at radius 3 is 2.69 bits per heavy atom. The number of hydrogen-bond acceptors (Lipinski definition) is 5. The van der Waals surface area contributed by atoms with Crippen LogP contribution in [-0.2, 0) is 16.1 Å². The largest absolute Gasteiger partial charge is 0.445 e. The summed E-state index contributed by atoms with van der Waals surface area (Å²) in [5.41, 5.74) is 1.01. The molecule has 0 spiro atoms. The number of amides is 1. The number of benzene rings is 1. The van der Waals surface area contributed by atoms with Gasteiger partial charge in [0.15, 0.2) is 0 Å². The smallest absolute Gasteiger partial charge is 0.410 e. The van der Waals surface area contributed by atoms with Gasteiger partial charge in [-0.3, -0.25) is 0 Å². The Morgan fingerprint density at radius 2 is 1.96 bits per heavy atom. The van der Waals surface area contributed by atoms with Crippen molar-refractivity contribution in [3.63, 3.8) is 0 Å². The summed E-state index contributed by atoms with van der Waals surface area (Å²) in [7, 11) is 0. The lowest BCUT2D eigenvalue weighted by molar-refractivity contribution is -0.0317. The third kappa shape index (κ3) is 4.37. The quantitative estimate of drug-likeness (QED) is 0.867. The average Bonchev–Trinajstić information content (AvgIpc) is 2.72. The highest BCUT2D eigenvalue weighted by atomic mass is 16.6. The van der Waals surface area contributed by atoms with Crippen LogP contribution in [0.3, 0.4) is 0 Å². The van der Waals surface area contributed by atoms with Gasteiger partial charge in [-0.2, -0.15) is 0 Å². The molecule has 4 aliphatic heterocycles. The van der Waals surface area contributed by atoms with Crippen molar-refractivity contribution in [2.45, 2.75) is 31.6 Å². The van der Waals surface area contributed by atoms with Gasteiger partial charge in [0.2, 0.25) is 0 Å². The molecule has 2 bridgehead atoms. The van der Waals surface area contributed by atoms with Crippen LogP contribution in [0.5, 0.6) is 0 Å². The van der Waals surface area contributed by atoms with Crippen LogP contribution in [0, 0.1) is 5.92 Å². The van der Waals surface area contributed by atoms with E-state index in [9.17, 15) is 4.79 Å². The van der Waals surface area contributed by atoms with E-state index in [1.807, 2.05) is 30.3 Å². The van der Waals surface area contributed by atoms with E-state index in [1.165, 1.54) is 25.9 Å². The molecule has 6 nitrogen and oxygen atoms in total. The van der Waals surface area contributed by atoms with Crippen LogP contribution < -0.4 is 5.32 Å². The molecule has 1 aromatic rings. The molecule has 5 rings (SSSR count). The number of nitrogens with one attached hydrogen (secondary N) is 1. The molecule has 1 aromatic carbocycles. The van der Waals surface area contributed by atoms with Crippen molar-refractivity contribution < 1.29 is 14.3 Å². The predicted octanol–water partition coefficient (Wildman–Crippen LogP) is 1.71. The van der Waals surface area contributed by atoms with Gasteiger partial charge < -0.3 is 24.6 Å². The number of nitrogens with zero attached hydrogens (tertiary/aromatic N) is 2. The van der Waals surface area contributed by atoms with Crippen molar-refractivity contribution in [1.29, 1.82) is 0 Å². The van der Waals surface area contributed by atoms with Crippen LogP contribution in [-0.4, -0.2) is 73.9 Å². The number of carbonyl (C=O) groups excluding carboxylic acids is 1. The minimum absolute atomic E-state index is 0.0449. The van der Waals surface area contributed by atoms with Gasteiger partial charge in [0, 0.05) is 25.7 Å². The molecular weight excluding hydrogens is 330 g/mol. The third-order valence-electron chi connectivity index (χ3n) is 5.87. The van der Waals surface area contributed by atoms with Crippen molar-refractivity contribution in [1.82, 2.24) is 15.1 Å². The number of fused-ring (bicyclic) bond motifs is 3. The Hall–Kier alpha value is -1.63. The Balaban J connectivity index is 1.21. The van der Waals surface area contributed by atoms with Gasteiger partial charge in [0.1, 0.15) is 6.61 Å². The highest BCUT2D eigenvalue weighted by Crippen LogP contribution is 2.27. The molecule has 1 N–H and O–H groups in total. The summed E-state index contributed by atoms with van der Waals surface area (Å²) in [6, 6.07) is 10.4. The molecule has 26 heavy (non-hydrogen) atoms. The van der Waals surface area contributed by atoms with Crippen LogP contribution in [0.2, 0.25) is 0 Å². The number of hydrogen-bond donors (Lipinski definition) is 1. The van der Waals surface area contributed by atoms with Gasteiger partial charge in [-0.25, -0.2) is 4.79 Å². The fraction of sp³-hybridized carbons (Fsp3) is 0.650. The SMILES string of the molecule is O=C(OCc1ccccc1)N1CCOC(CNC2CN3CCC2CC3)C1. The zero-order valence-corrected chi connectivity index (χ0v) is 15.3. The molecule has 1 amide bonds. The predicted molar refractivity (Wildman–Crippen MR) is 98.9 cm³/mol. The summed E-state index contributed by atoms with van der Waals surface area (Å²) in [6.07, 6.45) is 2.41. The molecule has 2 atom stereocenters. The van der Waals surface area contributed by atoms with Gasteiger partial charge in [-0.05, 0) is 37.4 Å². The lowest BCUT2D eigenvalue weighted by Crippen LogP contribution is -2.58. The van der Waals surface area contributed by atoms with Gasteiger partial charge in [0.05, 0.1) is 19.3 Å². The monoisotopic (exact) mass is 359 g/mol. The molecule has 4 aliphatic rings. The first kappa shape index (κ1) is 17.8. The van der Waals surface area contributed by atoms with E-state index in [1.54, 1.807) is 4.90 Å². The van der Waals surface area contributed by atoms with E-state index in [-0.39, 0.29) is 12.2 Å². The van der Waals surface area contributed by atoms with Crippen LogP contribution in [0.1, 0.15) is 18.4 Å². The van der Waals surface area contributed by atoms with E-state index in [2.05, 4.69) is 10.2 Å². The van der Waals surface area contributed by atoms with Gasteiger partial charge in [-0.1, -0.05) is 30.3 Å². The Bertz CT molecular complexity index is 589. The topological polar surface area (TPSA) is 54.0 Å². The maximum absolute atomic E-state index is 12.3.